The van der Waals surface area contributed by atoms with Crippen molar-refractivity contribution in [3.63, 3.8) is 0 Å². The number of benzene rings is 3. The molecule has 0 radical (unpaired) electrons. The maximum Gasteiger partial charge on any atom is 0.144 e. The monoisotopic (exact) mass is 287 g/mol. The highest BCUT2D eigenvalue weighted by atomic mass is 16.3. The van der Waals surface area contributed by atoms with Crippen molar-refractivity contribution in [2.75, 3.05) is 0 Å². The molecule has 22 heavy (non-hydrogen) atoms. The average Bonchev–Trinajstić information content (AvgIpc) is 2.54. The van der Waals surface area contributed by atoms with Crippen molar-refractivity contribution in [3.8, 4) is 0 Å². The van der Waals surface area contributed by atoms with Crippen LogP contribution in [0, 0.1) is 0 Å². The quantitative estimate of drug-likeness (QED) is 0.671. The molecule has 0 aromatic heterocycles. The van der Waals surface area contributed by atoms with Gasteiger partial charge in [0.05, 0.1) is 5.92 Å². The Labute approximate surface area is 129 Å². The summed E-state index contributed by atoms with van der Waals surface area (Å²) in [5.74, 6) is -0.278. The molecule has 0 saturated heterocycles. The lowest BCUT2D eigenvalue weighted by Gasteiger charge is -2.35. The second-order valence-corrected chi connectivity index (χ2v) is 5.85. The van der Waals surface area contributed by atoms with Crippen LogP contribution in [0.2, 0.25) is 0 Å². The van der Waals surface area contributed by atoms with Crippen molar-refractivity contribution in [2.24, 2.45) is 5.73 Å². The van der Waals surface area contributed by atoms with Crippen LogP contribution in [-0.4, -0.2) is 10.8 Å². The van der Waals surface area contributed by atoms with Gasteiger partial charge in [-0.15, -0.1) is 0 Å². The van der Waals surface area contributed by atoms with Crippen LogP contribution in [0.1, 0.15) is 22.6 Å². The van der Waals surface area contributed by atoms with Crippen LogP contribution in [-0.2, 0) is 0 Å². The molecule has 0 fully saturated rings. The Morgan fingerprint density at radius 1 is 0.818 bits per heavy atom. The first-order valence-electron chi connectivity index (χ1n) is 7.44. The summed E-state index contributed by atoms with van der Waals surface area (Å²) in [6.07, 6.45) is 3.60. The van der Waals surface area contributed by atoms with E-state index in [1.807, 2.05) is 42.5 Å². The second-order valence-electron chi connectivity index (χ2n) is 5.85. The summed E-state index contributed by atoms with van der Waals surface area (Å²) in [4.78, 5) is 0. The molecule has 3 N–H and O–H groups in total. The fourth-order valence-corrected chi connectivity index (χ4v) is 3.41. The molecular weight excluding hydrogens is 270 g/mol. The van der Waals surface area contributed by atoms with Gasteiger partial charge in [-0.2, -0.15) is 0 Å². The van der Waals surface area contributed by atoms with E-state index in [1.54, 1.807) is 6.08 Å². The molecule has 1 aliphatic carbocycles. The van der Waals surface area contributed by atoms with E-state index in [0.29, 0.717) is 0 Å². The Morgan fingerprint density at radius 2 is 1.50 bits per heavy atom. The maximum absolute atomic E-state index is 10.8. The molecule has 3 aromatic rings. The first-order chi connectivity index (χ1) is 10.7. The van der Waals surface area contributed by atoms with Crippen molar-refractivity contribution >= 4 is 16.8 Å². The largest absolute Gasteiger partial charge is 0.371 e. The zero-order chi connectivity index (χ0) is 15.2. The molecule has 0 spiro atoms. The first-order valence-corrected chi connectivity index (χ1v) is 7.44. The molecule has 0 aliphatic heterocycles. The van der Waals surface area contributed by atoms with Crippen LogP contribution in [0.5, 0.6) is 0 Å². The number of rotatable bonds is 1. The smallest absolute Gasteiger partial charge is 0.144 e. The minimum atomic E-state index is -1.39. The fourth-order valence-electron chi connectivity index (χ4n) is 3.41. The van der Waals surface area contributed by atoms with Gasteiger partial charge in [0.15, 0.2) is 0 Å². The molecule has 0 heterocycles. The molecule has 0 bridgehead atoms. The second kappa shape index (κ2) is 4.80. The van der Waals surface area contributed by atoms with E-state index in [-0.39, 0.29) is 5.92 Å². The summed E-state index contributed by atoms with van der Waals surface area (Å²) in [7, 11) is 0. The number of nitrogens with two attached hydrogens (primary N) is 1. The molecule has 108 valence electrons. The Balaban J connectivity index is 2.02. The van der Waals surface area contributed by atoms with E-state index in [1.165, 1.54) is 0 Å². The van der Waals surface area contributed by atoms with Gasteiger partial charge in [0.1, 0.15) is 5.72 Å². The van der Waals surface area contributed by atoms with Crippen LogP contribution in [0.3, 0.4) is 0 Å². The standard InChI is InChI=1S/C20H17NO/c21-20(22)13-12-15-7-2-4-10-17(15)19(20)18-11-5-8-14-6-1-3-9-16(14)18/h1-13,19,22H,21H2. The molecule has 0 amide bonds. The highest BCUT2D eigenvalue weighted by molar-refractivity contribution is 5.87. The van der Waals surface area contributed by atoms with Crippen molar-refractivity contribution in [2.45, 2.75) is 11.6 Å². The highest BCUT2D eigenvalue weighted by Gasteiger charge is 2.37. The van der Waals surface area contributed by atoms with Crippen molar-refractivity contribution in [1.82, 2.24) is 0 Å². The predicted molar refractivity (Wildman–Crippen MR) is 90.4 cm³/mol. The Morgan fingerprint density at radius 3 is 2.41 bits per heavy atom. The van der Waals surface area contributed by atoms with Crippen LogP contribution in [0.4, 0.5) is 0 Å². The van der Waals surface area contributed by atoms with Gasteiger partial charge < -0.3 is 5.11 Å². The Bertz CT molecular complexity index is 874. The topological polar surface area (TPSA) is 46.2 Å². The summed E-state index contributed by atoms with van der Waals surface area (Å²) in [6.45, 7) is 0. The number of hydrogen-bond donors (Lipinski definition) is 2. The van der Waals surface area contributed by atoms with Gasteiger partial charge in [0.2, 0.25) is 0 Å². The SMILES string of the molecule is NC1(O)C=Cc2ccccc2C1c1cccc2ccccc12. The van der Waals surface area contributed by atoms with Gasteiger partial charge in [-0.3, -0.25) is 5.73 Å². The Kier molecular flexibility index (Phi) is 2.89. The van der Waals surface area contributed by atoms with E-state index >= 15 is 0 Å². The van der Waals surface area contributed by atoms with Crippen LogP contribution >= 0.6 is 0 Å². The van der Waals surface area contributed by atoms with E-state index < -0.39 is 5.72 Å². The molecule has 4 rings (SSSR count). The first kappa shape index (κ1) is 13.3. The number of fused-ring (bicyclic) bond motifs is 2. The zero-order valence-electron chi connectivity index (χ0n) is 12.1. The molecule has 2 nitrogen and oxygen atoms in total. The van der Waals surface area contributed by atoms with E-state index in [4.69, 9.17) is 5.73 Å². The van der Waals surface area contributed by atoms with Gasteiger partial charge in [-0.1, -0.05) is 72.8 Å². The summed E-state index contributed by atoms with van der Waals surface area (Å²) < 4.78 is 0. The van der Waals surface area contributed by atoms with Crippen LogP contribution in [0.15, 0.2) is 72.8 Å². The third kappa shape index (κ3) is 1.97. The lowest BCUT2D eigenvalue weighted by atomic mass is 9.76. The molecular formula is C20H17NO. The van der Waals surface area contributed by atoms with Crippen molar-refractivity contribution < 1.29 is 5.11 Å². The average molecular weight is 287 g/mol. The third-order valence-corrected chi connectivity index (χ3v) is 4.43. The molecule has 2 unspecified atom stereocenters. The van der Waals surface area contributed by atoms with Crippen molar-refractivity contribution in [3.05, 3.63) is 89.5 Å². The Hall–Kier alpha value is -2.42. The van der Waals surface area contributed by atoms with Gasteiger partial charge in [-0.05, 0) is 33.5 Å². The molecule has 3 aromatic carbocycles. The summed E-state index contributed by atoms with van der Waals surface area (Å²) in [5, 5.41) is 13.1. The van der Waals surface area contributed by atoms with Gasteiger partial charge in [0, 0.05) is 0 Å². The summed E-state index contributed by atoms with van der Waals surface area (Å²) >= 11 is 0. The van der Waals surface area contributed by atoms with E-state index in [0.717, 1.165) is 27.5 Å². The molecule has 2 heteroatoms. The van der Waals surface area contributed by atoms with Crippen molar-refractivity contribution in [1.29, 1.82) is 0 Å². The normalized spacial score (nSPS) is 23.5. The predicted octanol–water partition coefficient (Wildman–Crippen LogP) is 3.65. The molecule has 1 aliphatic rings. The lowest BCUT2D eigenvalue weighted by Crippen LogP contribution is -2.45. The molecule has 0 saturated carbocycles. The fraction of sp³-hybridized carbons (Fsp3) is 0.100. The highest BCUT2D eigenvalue weighted by Crippen LogP contribution is 2.41. The lowest BCUT2D eigenvalue weighted by molar-refractivity contribution is 0.0802. The summed E-state index contributed by atoms with van der Waals surface area (Å²) in [5.41, 5.74) is 8.06. The third-order valence-electron chi connectivity index (χ3n) is 4.43. The molecule has 2 atom stereocenters. The van der Waals surface area contributed by atoms with Gasteiger partial charge >= 0.3 is 0 Å². The maximum atomic E-state index is 10.8. The van der Waals surface area contributed by atoms with Crippen LogP contribution < -0.4 is 5.73 Å². The minimum absolute atomic E-state index is 0.278. The van der Waals surface area contributed by atoms with Gasteiger partial charge in [-0.25, -0.2) is 0 Å². The zero-order valence-corrected chi connectivity index (χ0v) is 12.1. The van der Waals surface area contributed by atoms with Crippen LogP contribution in [0.25, 0.3) is 16.8 Å². The van der Waals surface area contributed by atoms with E-state index in [2.05, 4.69) is 30.3 Å². The number of aliphatic hydroxyl groups is 1. The summed E-state index contributed by atoms with van der Waals surface area (Å²) in [6, 6.07) is 22.5. The minimum Gasteiger partial charge on any atom is -0.371 e. The van der Waals surface area contributed by atoms with E-state index in [9.17, 15) is 5.11 Å². The number of hydrogen-bond acceptors (Lipinski definition) is 2. The van der Waals surface area contributed by atoms with Gasteiger partial charge in [0.25, 0.3) is 0 Å².